The van der Waals surface area contributed by atoms with E-state index in [1.807, 2.05) is 12.1 Å². The van der Waals surface area contributed by atoms with E-state index >= 15 is 0 Å². The number of nitrogens with one attached hydrogen (secondary N) is 1. The maximum absolute atomic E-state index is 11.3. The van der Waals surface area contributed by atoms with Crippen LogP contribution in [0.25, 0.3) is 10.9 Å². The summed E-state index contributed by atoms with van der Waals surface area (Å²) in [7, 11) is 0. The number of benzene rings is 1. The number of hydrogen-bond donors (Lipinski definition) is 1. The SMILES string of the molecule is O=[N+]([O-])c1cnc2ccc(Br)cc2c1OC1CCCNC1. The maximum Gasteiger partial charge on any atom is 0.329 e. The molecule has 1 aromatic heterocycles. The van der Waals surface area contributed by atoms with Gasteiger partial charge in [0.15, 0.2) is 0 Å². The van der Waals surface area contributed by atoms with E-state index in [-0.39, 0.29) is 11.8 Å². The lowest BCUT2D eigenvalue weighted by Gasteiger charge is -2.24. The van der Waals surface area contributed by atoms with Gasteiger partial charge in [0.25, 0.3) is 0 Å². The van der Waals surface area contributed by atoms with Crippen LogP contribution in [0, 0.1) is 10.1 Å². The van der Waals surface area contributed by atoms with E-state index in [0.29, 0.717) is 23.2 Å². The minimum absolute atomic E-state index is 0.0537. The number of ether oxygens (including phenoxy) is 1. The summed E-state index contributed by atoms with van der Waals surface area (Å²) in [6.07, 6.45) is 3.11. The summed E-state index contributed by atoms with van der Waals surface area (Å²) >= 11 is 3.39. The van der Waals surface area contributed by atoms with Gasteiger partial charge in [-0.05, 0) is 37.6 Å². The predicted octanol–water partition coefficient (Wildman–Crippen LogP) is 3.04. The summed E-state index contributed by atoms with van der Waals surface area (Å²) in [6, 6.07) is 5.48. The molecule has 0 saturated carbocycles. The first-order valence-electron chi connectivity index (χ1n) is 6.75. The van der Waals surface area contributed by atoms with Crippen molar-refractivity contribution < 1.29 is 9.66 Å². The van der Waals surface area contributed by atoms with E-state index in [1.165, 1.54) is 6.20 Å². The third kappa shape index (κ3) is 2.98. The average Bonchev–Trinajstić information content (AvgIpc) is 2.48. The average molecular weight is 352 g/mol. The van der Waals surface area contributed by atoms with E-state index in [1.54, 1.807) is 6.07 Å². The lowest BCUT2D eigenvalue weighted by atomic mass is 10.1. The van der Waals surface area contributed by atoms with Crippen molar-refractivity contribution in [2.45, 2.75) is 18.9 Å². The fourth-order valence-electron chi connectivity index (χ4n) is 2.47. The van der Waals surface area contributed by atoms with Gasteiger partial charge in [0, 0.05) is 11.0 Å². The number of hydrogen-bond acceptors (Lipinski definition) is 5. The molecule has 1 fully saturated rings. The highest BCUT2D eigenvalue weighted by molar-refractivity contribution is 9.10. The fraction of sp³-hybridized carbons (Fsp3) is 0.357. The molecule has 110 valence electrons. The molecule has 21 heavy (non-hydrogen) atoms. The largest absolute Gasteiger partial charge is 0.482 e. The number of halogens is 1. The second kappa shape index (κ2) is 5.95. The molecule has 1 saturated heterocycles. The predicted molar refractivity (Wildman–Crippen MR) is 82.6 cm³/mol. The second-order valence-corrected chi connectivity index (χ2v) is 5.89. The fourth-order valence-corrected chi connectivity index (χ4v) is 2.83. The number of fused-ring (bicyclic) bond motifs is 1. The molecule has 7 heteroatoms. The Morgan fingerprint density at radius 2 is 2.33 bits per heavy atom. The van der Waals surface area contributed by atoms with Crippen LogP contribution in [0.4, 0.5) is 5.69 Å². The molecule has 0 bridgehead atoms. The number of piperidine rings is 1. The van der Waals surface area contributed by atoms with Gasteiger partial charge in [-0.1, -0.05) is 15.9 Å². The highest BCUT2D eigenvalue weighted by atomic mass is 79.9. The van der Waals surface area contributed by atoms with Gasteiger partial charge in [-0.15, -0.1) is 0 Å². The molecule has 1 aliphatic heterocycles. The summed E-state index contributed by atoms with van der Waals surface area (Å²) in [5.74, 6) is 0.306. The van der Waals surface area contributed by atoms with Gasteiger partial charge in [-0.25, -0.2) is 4.98 Å². The quantitative estimate of drug-likeness (QED) is 0.679. The zero-order valence-corrected chi connectivity index (χ0v) is 12.8. The topological polar surface area (TPSA) is 77.3 Å². The summed E-state index contributed by atoms with van der Waals surface area (Å²) in [6.45, 7) is 1.67. The van der Waals surface area contributed by atoms with Crippen LogP contribution in [0.3, 0.4) is 0 Å². The molecule has 1 atom stereocenters. The minimum atomic E-state index is -0.446. The van der Waals surface area contributed by atoms with E-state index in [2.05, 4.69) is 26.2 Å². The number of rotatable bonds is 3. The summed E-state index contributed by atoms with van der Waals surface area (Å²) in [5.41, 5.74) is 0.591. The van der Waals surface area contributed by atoms with E-state index < -0.39 is 4.92 Å². The first-order chi connectivity index (χ1) is 10.1. The Labute approximate surface area is 129 Å². The third-order valence-corrected chi connectivity index (χ3v) is 3.99. The monoisotopic (exact) mass is 351 g/mol. The van der Waals surface area contributed by atoms with Crippen LogP contribution in [0.15, 0.2) is 28.9 Å². The highest BCUT2D eigenvalue weighted by Crippen LogP contribution is 2.36. The highest BCUT2D eigenvalue weighted by Gasteiger charge is 2.24. The number of pyridine rings is 1. The Kier molecular flexibility index (Phi) is 4.03. The van der Waals surface area contributed by atoms with Gasteiger partial charge in [0.05, 0.1) is 15.8 Å². The minimum Gasteiger partial charge on any atom is -0.482 e. The molecule has 2 heterocycles. The first kappa shape index (κ1) is 14.2. The van der Waals surface area contributed by atoms with Crippen LogP contribution in [0.1, 0.15) is 12.8 Å². The molecule has 0 radical (unpaired) electrons. The van der Waals surface area contributed by atoms with Crippen molar-refractivity contribution in [1.82, 2.24) is 10.3 Å². The summed E-state index contributed by atoms with van der Waals surface area (Å²) in [4.78, 5) is 14.9. The van der Waals surface area contributed by atoms with Crippen molar-refractivity contribution in [3.8, 4) is 5.75 Å². The Bertz CT molecular complexity index is 686. The van der Waals surface area contributed by atoms with Gasteiger partial charge < -0.3 is 10.1 Å². The molecule has 2 aromatic rings. The second-order valence-electron chi connectivity index (χ2n) is 4.98. The molecule has 3 rings (SSSR count). The molecule has 1 N–H and O–H groups in total. The summed E-state index contributed by atoms with van der Waals surface area (Å²) in [5, 5.41) is 15.2. The van der Waals surface area contributed by atoms with Crippen molar-refractivity contribution in [3.63, 3.8) is 0 Å². The molecule has 0 spiro atoms. The van der Waals surface area contributed by atoms with Gasteiger partial charge in [0.2, 0.25) is 5.75 Å². The van der Waals surface area contributed by atoms with Crippen LogP contribution >= 0.6 is 15.9 Å². The zero-order valence-electron chi connectivity index (χ0n) is 11.2. The Balaban J connectivity index is 2.08. The van der Waals surface area contributed by atoms with Crippen LogP contribution in [-0.2, 0) is 0 Å². The lowest BCUT2D eigenvalue weighted by Crippen LogP contribution is -2.37. The lowest BCUT2D eigenvalue weighted by molar-refractivity contribution is -0.386. The van der Waals surface area contributed by atoms with Gasteiger partial charge in [-0.2, -0.15) is 0 Å². The molecule has 1 aromatic carbocycles. The van der Waals surface area contributed by atoms with Crippen LogP contribution in [0.5, 0.6) is 5.75 Å². The zero-order chi connectivity index (χ0) is 14.8. The van der Waals surface area contributed by atoms with Crippen LogP contribution in [0.2, 0.25) is 0 Å². The van der Waals surface area contributed by atoms with Crippen molar-refractivity contribution in [1.29, 1.82) is 0 Å². The van der Waals surface area contributed by atoms with Crippen molar-refractivity contribution in [3.05, 3.63) is 39.0 Å². The smallest absolute Gasteiger partial charge is 0.329 e. The molecular formula is C14H14BrN3O3. The Morgan fingerprint density at radius 3 is 3.05 bits per heavy atom. The van der Waals surface area contributed by atoms with Gasteiger partial charge >= 0.3 is 5.69 Å². The first-order valence-corrected chi connectivity index (χ1v) is 7.54. The number of nitro groups is 1. The standard InChI is InChI=1S/C14H14BrN3O3/c15-9-3-4-12-11(6-9)14(13(8-17-12)18(19)20)21-10-2-1-5-16-7-10/h3-4,6,8,10,16H,1-2,5,7H2. The molecule has 6 nitrogen and oxygen atoms in total. The van der Waals surface area contributed by atoms with Crippen LogP contribution < -0.4 is 10.1 Å². The van der Waals surface area contributed by atoms with Gasteiger partial charge in [0.1, 0.15) is 12.3 Å². The molecule has 0 aliphatic carbocycles. The van der Waals surface area contributed by atoms with Crippen molar-refractivity contribution in [2.24, 2.45) is 0 Å². The van der Waals surface area contributed by atoms with Gasteiger partial charge in [-0.3, -0.25) is 10.1 Å². The van der Waals surface area contributed by atoms with Crippen molar-refractivity contribution >= 4 is 32.5 Å². The summed E-state index contributed by atoms with van der Waals surface area (Å²) < 4.78 is 6.79. The molecular weight excluding hydrogens is 338 g/mol. The maximum atomic E-state index is 11.3. The normalized spacial score (nSPS) is 18.6. The molecule has 0 amide bonds. The Hall–Kier alpha value is -1.73. The van der Waals surface area contributed by atoms with Crippen molar-refractivity contribution in [2.75, 3.05) is 13.1 Å². The van der Waals surface area contributed by atoms with E-state index in [0.717, 1.165) is 23.9 Å². The third-order valence-electron chi connectivity index (χ3n) is 3.49. The van der Waals surface area contributed by atoms with E-state index in [9.17, 15) is 10.1 Å². The number of aromatic nitrogens is 1. The molecule has 1 unspecified atom stereocenters. The molecule has 1 aliphatic rings. The number of nitrogens with zero attached hydrogens (tertiary/aromatic N) is 2. The van der Waals surface area contributed by atoms with E-state index in [4.69, 9.17) is 4.74 Å². The van der Waals surface area contributed by atoms with Crippen LogP contribution in [-0.4, -0.2) is 29.1 Å². The Morgan fingerprint density at radius 1 is 1.48 bits per heavy atom.